The summed E-state index contributed by atoms with van der Waals surface area (Å²) in [6, 6.07) is 1.25. The third-order valence-electron chi connectivity index (χ3n) is 2.63. The van der Waals surface area contributed by atoms with Crippen LogP contribution in [0.15, 0.2) is 0 Å². The third-order valence-corrected chi connectivity index (χ3v) is 2.63. The average Bonchev–Trinajstić information content (AvgIpc) is 2.36. The molecular formula is C10H21NO. The molecule has 72 valence electrons. The van der Waals surface area contributed by atoms with Crippen molar-refractivity contribution in [3.05, 3.63) is 0 Å². The summed E-state index contributed by atoms with van der Waals surface area (Å²) in [5, 5.41) is 3.59. The van der Waals surface area contributed by atoms with Crippen molar-refractivity contribution < 1.29 is 4.74 Å². The van der Waals surface area contributed by atoms with Crippen LogP contribution in [0.25, 0.3) is 0 Å². The Morgan fingerprint density at radius 1 is 1.50 bits per heavy atom. The molecule has 12 heavy (non-hydrogen) atoms. The molecule has 0 spiro atoms. The summed E-state index contributed by atoms with van der Waals surface area (Å²) in [5.74, 6) is 0.914. The Bertz CT molecular complexity index is 127. The minimum Gasteiger partial charge on any atom is -0.383 e. The first-order chi connectivity index (χ1) is 5.72. The van der Waals surface area contributed by atoms with Crippen LogP contribution in [0.3, 0.4) is 0 Å². The molecule has 0 amide bonds. The predicted molar refractivity (Wildman–Crippen MR) is 51.3 cm³/mol. The maximum Gasteiger partial charge on any atom is 0.0613 e. The number of ether oxygens (including phenoxy) is 1. The number of hydrogen-bond acceptors (Lipinski definition) is 2. The first-order valence-corrected chi connectivity index (χ1v) is 4.97. The van der Waals surface area contributed by atoms with Crippen molar-refractivity contribution in [1.82, 2.24) is 5.32 Å². The highest BCUT2D eigenvalue weighted by Gasteiger charge is 2.21. The predicted octanol–water partition coefficient (Wildman–Crippen LogP) is 1.80. The van der Waals surface area contributed by atoms with E-state index >= 15 is 0 Å². The van der Waals surface area contributed by atoms with Crippen LogP contribution in [0.5, 0.6) is 0 Å². The first-order valence-electron chi connectivity index (χ1n) is 4.97. The molecule has 0 unspecified atom stereocenters. The molecule has 1 fully saturated rings. The van der Waals surface area contributed by atoms with E-state index in [0.717, 1.165) is 18.6 Å². The molecule has 1 aliphatic carbocycles. The van der Waals surface area contributed by atoms with Gasteiger partial charge in [0.05, 0.1) is 6.61 Å². The van der Waals surface area contributed by atoms with E-state index < -0.39 is 0 Å². The van der Waals surface area contributed by atoms with Crippen LogP contribution >= 0.6 is 0 Å². The van der Waals surface area contributed by atoms with Crippen LogP contribution in [0.2, 0.25) is 0 Å². The van der Waals surface area contributed by atoms with Gasteiger partial charge in [0.15, 0.2) is 0 Å². The SMILES string of the molecule is COC[C@H](C)N[C@H]1CC[C@H](C)C1. The van der Waals surface area contributed by atoms with Crippen LogP contribution in [-0.4, -0.2) is 25.8 Å². The Morgan fingerprint density at radius 2 is 2.25 bits per heavy atom. The fourth-order valence-electron chi connectivity index (χ4n) is 2.06. The van der Waals surface area contributed by atoms with Crippen molar-refractivity contribution >= 4 is 0 Å². The van der Waals surface area contributed by atoms with Gasteiger partial charge in [-0.3, -0.25) is 0 Å². The molecule has 0 aromatic rings. The highest BCUT2D eigenvalue weighted by molar-refractivity contribution is 4.80. The summed E-state index contributed by atoms with van der Waals surface area (Å²) in [5.41, 5.74) is 0. The molecule has 0 saturated heterocycles. The average molecular weight is 171 g/mol. The van der Waals surface area contributed by atoms with Gasteiger partial charge >= 0.3 is 0 Å². The van der Waals surface area contributed by atoms with Crippen molar-refractivity contribution in [3.8, 4) is 0 Å². The fourth-order valence-corrected chi connectivity index (χ4v) is 2.06. The third kappa shape index (κ3) is 3.11. The zero-order valence-electron chi connectivity index (χ0n) is 8.47. The van der Waals surface area contributed by atoms with Crippen molar-refractivity contribution in [2.45, 2.75) is 45.2 Å². The highest BCUT2D eigenvalue weighted by atomic mass is 16.5. The Morgan fingerprint density at radius 3 is 2.75 bits per heavy atom. The van der Waals surface area contributed by atoms with E-state index in [1.807, 2.05) is 0 Å². The Labute approximate surface area is 75.7 Å². The molecule has 0 radical (unpaired) electrons. The van der Waals surface area contributed by atoms with Crippen LogP contribution in [0.4, 0.5) is 0 Å². The molecule has 2 heteroatoms. The molecule has 2 nitrogen and oxygen atoms in total. The number of nitrogens with one attached hydrogen (secondary N) is 1. The second-order valence-electron chi connectivity index (χ2n) is 4.14. The van der Waals surface area contributed by atoms with E-state index in [4.69, 9.17) is 4.74 Å². The van der Waals surface area contributed by atoms with E-state index in [-0.39, 0.29) is 0 Å². The monoisotopic (exact) mass is 171 g/mol. The smallest absolute Gasteiger partial charge is 0.0613 e. The van der Waals surface area contributed by atoms with E-state index in [2.05, 4.69) is 19.2 Å². The quantitative estimate of drug-likeness (QED) is 0.696. The first kappa shape index (κ1) is 10.0. The Kier molecular flexibility index (Phi) is 4.02. The summed E-state index contributed by atoms with van der Waals surface area (Å²) in [6.45, 7) is 5.35. The van der Waals surface area contributed by atoms with E-state index in [0.29, 0.717) is 6.04 Å². The fraction of sp³-hybridized carbons (Fsp3) is 1.00. The minimum absolute atomic E-state index is 0.505. The lowest BCUT2D eigenvalue weighted by Crippen LogP contribution is -2.37. The maximum absolute atomic E-state index is 5.08. The van der Waals surface area contributed by atoms with Gasteiger partial charge in [0.25, 0.3) is 0 Å². The lowest BCUT2D eigenvalue weighted by molar-refractivity contribution is 0.166. The second-order valence-corrected chi connectivity index (χ2v) is 4.14. The summed E-state index contributed by atoms with van der Waals surface area (Å²) in [4.78, 5) is 0. The van der Waals surface area contributed by atoms with Crippen LogP contribution in [0.1, 0.15) is 33.1 Å². The van der Waals surface area contributed by atoms with E-state index in [1.165, 1.54) is 19.3 Å². The summed E-state index contributed by atoms with van der Waals surface area (Å²) in [6.07, 6.45) is 4.07. The summed E-state index contributed by atoms with van der Waals surface area (Å²) < 4.78 is 5.08. The second kappa shape index (κ2) is 4.83. The topological polar surface area (TPSA) is 21.3 Å². The normalized spacial score (nSPS) is 32.2. The number of hydrogen-bond donors (Lipinski definition) is 1. The van der Waals surface area contributed by atoms with Gasteiger partial charge in [0, 0.05) is 19.2 Å². The Hall–Kier alpha value is -0.0800. The molecule has 1 aliphatic rings. The minimum atomic E-state index is 0.505. The van der Waals surface area contributed by atoms with Gasteiger partial charge in [0.2, 0.25) is 0 Å². The maximum atomic E-state index is 5.08. The van der Waals surface area contributed by atoms with Crippen molar-refractivity contribution in [2.75, 3.05) is 13.7 Å². The van der Waals surface area contributed by atoms with Gasteiger partial charge in [-0.05, 0) is 32.1 Å². The lowest BCUT2D eigenvalue weighted by atomic mass is 10.1. The van der Waals surface area contributed by atoms with Gasteiger partial charge in [0.1, 0.15) is 0 Å². The summed E-state index contributed by atoms with van der Waals surface area (Å²) in [7, 11) is 1.76. The van der Waals surface area contributed by atoms with Gasteiger partial charge < -0.3 is 10.1 Å². The Balaban J connectivity index is 2.14. The standard InChI is InChI=1S/C10H21NO/c1-8-4-5-10(6-8)11-9(2)7-12-3/h8-11H,4-7H2,1-3H3/t8-,9-,10-/m0/s1. The molecule has 0 bridgehead atoms. The van der Waals surface area contributed by atoms with E-state index in [1.54, 1.807) is 7.11 Å². The zero-order valence-corrected chi connectivity index (χ0v) is 8.47. The van der Waals surface area contributed by atoms with Crippen molar-refractivity contribution in [1.29, 1.82) is 0 Å². The molecular weight excluding hydrogens is 150 g/mol. The number of methoxy groups -OCH3 is 1. The van der Waals surface area contributed by atoms with Gasteiger partial charge in [-0.2, -0.15) is 0 Å². The van der Waals surface area contributed by atoms with Crippen molar-refractivity contribution in [3.63, 3.8) is 0 Å². The molecule has 0 heterocycles. The molecule has 1 N–H and O–H groups in total. The van der Waals surface area contributed by atoms with Gasteiger partial charge in [-0.15, -0.1) is 0 Å². The van der Waals surface area contributed by atoms with Crippen LogP contribution < -0.4 is 5.32 Å². The zero-order chi connectivity index (χ0) is 8.97. The molecule has 0 aliphatic heterocycles. The molecule has 0 aromatic carbocycles. The largest absolute Gasteiger partial charge is 0.383 e. The van der Waals surface area contributed by atoms with Gasteiger partial charge in [-0.25, -0.2) is 0 Å². The van der Waals surface area contributed by atoms with Crippen LogP contribution in [-0.2, 0) is 4.74 Å². The van der Waals surface area contributed by atoms with Crippen molar-refractivity contribution in [2.24, 2.45) is 5.92 Å². The molecule has 1 rings (SSSR count). The van der Waals surface area contributed by atoms with Gasteiger partial charge in [-0.1, -0.05) is 6.92 Å². The number of rotatable bonds is 4. The lowest BCUT2D eigenvalue weighted by Gasteiger charge is -2.18. The molecule has 1 saturated carbocycles. The molecule has 3 atom stereocenters. The summed E-state index contributed by atoms with van der Waals surface area (Å²) >= 11 is 0. The highest BCUT2D eigenvalue weighted by Crippen LogP contribution is 2.24. The molecule has 0 aromatic heterocycles. The van der Waals surface area contributed by atoms with E-state index in [9.17, 15) is 0 Å². The van der Waals surface area contributed by atoms with Crippen LogP contribution in [0, 0.1) is 5.92 Å².